The summed E-state index contributed by atoms with van der Waals surface area (Å²) in [5.74, 6) is -4.21. The van der Waals surface area contributed by atoms with Gasteiger partial charge in [-0.15, -0.1) is 0 Å². The summed E-state index contributed by atoms with van der Waals surface area (Å²) in [6.45, 7) is 15.4. The summed E-state index contributed by atoms with van der Waals surface area (Å²) in [6, 6.07) is 0. The molecule has 9 aliphatic rings. The van der Waals surface area contributed by atoms with Crippen LogP contribution < -0.4 is 0 Å². The van der Waals surface area contributed by atoms with Crippen LogP contribution in [-0.2, 0) is 61.8 Å². The highest BCUT2D eigenvalue weighted by molar-refractivity contribution is 5.87. The van der Waals surface area contributed by atoms with Crippen molar-refractivity contribution in [2.75, 3.05) is 26.4 Å². The number of carbonyl (C=O) groups is 3. The van der Waals surface area contributed by atoms with E-state index in [1.165, 1.54) is 6.92 Å². The molecule has 8 fully saturated rings. The topological polar surface area (TPSA) is 427 Å². The third-order valence-electron chi connectivity index (χ3n) is 22.4. The Morgan fingerprint density at radius 2 is 1.22 bits per heavy atom. The number of aliphatic hydroxyl groups excluding tert-OH is 13. The van der Waals surface area contributed by atoms with Gasteiger partial charge in [-0.3, -0.25) is 4.79 Å². The molecule has 0 radical (unpaired) electrons. The van der Waals surface area contributed by atoms with Crippen LogP contribution in [0.1, 0.15) is 108 Å². The molecule has 5 aliphatic carbocycles. The number of rotatable bonds is 15. The third kappa shape index (κ3) is 10.7. The molecule has 0 aromatic heterocycles. The zero-order valence-electron chi connectivity index (χ0n) is 50.3. The Bertz CT molecular complexity index is 2530. The average Bonchev–Trinajstić information content (AvgIpc) is 0.718. The van der Waals surface area contributed by atoms with Crippen molar-refractivity contribution < 1.29 is 133 Å². The van der Waals surface area contributed by atoms with Gasteiger partial charge in [-0.1, -0.05) is 66.2 Å². The van der Waals surface area contributed by atoms with E-state index >= 15 is 0 Å². The Labute approximate surface area is 498 Å². The molecule has 4 heterocycles. The van der Waals surface area contributed by atoms with Crippen molar-refractivity contribution in [3.05, 3.63) is 23.3 Å². The van der Waals surface area contributed by atoms with Crippen LogP contribution in [0.15, 0.2) is 23.3 Å². The number of carboxylic acid groups (broad SMARTS) is 1. The SMILES string of the molecule is C/C=C(/C)C(=O)O[C@H]1[C@H](OC(C)=O)[C@]2(CO)[C@H](O)[C@H](O)[C@]3(C)C(=CC[C@@H]4[C@@]5(C)CC[C@H](O[C@@H]6O[C@H](C(=O)O)[C@@H](O[C@@H]7O[C@@H](CO)[C@H](O)[C@H]7O)[C@H](O[C@@H]7OC[C@H](O)[C@H](O)[C@H]7O)[C@H]6O[C@@H]6O[C@H](CO)[C@@H](O)[C@H](O)[C@H]6O)C(C)(C)[C@@H]5CC[C@]43C)[C@@H]2CC1(C)C. The molecule has 86 heavy (non-hydrogen) atoms. The first-order valence-corrected chi connectivity index (χ1v) is 30.0. The maximum atomic E-state index is 13.6. The number of fused-ring (bicyclic) bond motifs is 7. The zero-order chi connectivity index (χ0) is 63.5. The van der Waals surface area contributed by atoms with Gasteiger partial charge >= 0.3 is 17.9 Å². The molecule has 27 nitrogen and oxygen atoms in total. The van der Waals surface area contributed by atoms with Gasteiger partial charge in [-0.25, -0.2) is 9.59 Å². The second kappa shape index (κ2) is 24.6. The lowest BCUT2D eigenvalue weighted by atomic mass is 9.32. The van der Waals surface area contributed by atoms with Crippen LogP contribution in [0.3, 0.4) is 0 Å². The quantitative estimate of drug-likeness (QED) is 0.0357. The number of hydrogen-bond acceptors (Lipinski definition) is 26. The molecule has 30 atom stereocenters. The van der Waals surface area contributed by atoms with Crippen molar-refractivity contribution in [3.63, 3.8) is 0 Å². The fraction of sp³-hybridized carbons (Fsp3) is 0.881. The Morgan fingerprint density at radius 1 is 0.640 bits per heavy atom. The van der Waals surface area contributed by atoms with Gasteiger partial charge in [0.1, 0.15) is 85.5 Å². The standard InChI is InChI=1S/C59H92O27/c1-11-23(2)49(76)86-46-47(78-24(3)63)59(22-62)26(18-54(46,4)5)25-12-13-31-56(8)16-15-32(55(6,7)30(56)14-17-57(31,9)58(25,10)44(72)45(59)73)81-53-43(85-52-39(71)36(68)34(66)28(19-60)79-52)41(82-50-37(69)33(65)27(64)21-77-50)40(42(84-53)48(74)75)83-51-38(70)35(67)29(20-61)80-51/h11-12,26-47,50-53,60-62,64-73H,13-22H2,1-10H3,(H,74,75)/b23-11-/t26-,27-,28+,29-,30-,31+,32-,33-,34+,35-,36-,37+,38+,39+,40-,41-,42-,43+,44-,45+,46-,47-,50-,51-,52-,53+,56-,57+,58-,59-/m0/s1. The lowest BCUT2D eigenvalue weighted by molar-refractivity contribution is -0.401. The molecule has 0 spiro atoms. The summed E-state index contributed by atoms with van der Waals surface area (Å²) in [6.07, 6.45) is -34.5. The van der Waals surface area contributed by atoms with E-state index in [1.807, 2.05) is 34.6 Å². The van der Waals surface area contributed by atoms with Crippen molar-refractivity contribution in [1.82, 2.24) is 0 Å². The number of ether oxygens (including phenoxy) is 10. The van der Waals surface area contributed by atoms with Crippen molar-refractivity contribution in [3.8, 4) is 0 Å². The lowest BCUT2D eigenvalue weighted by Gasteiger charge is -2.73. The van der Waals surface area contributed by atoms with Crippen LogP contribution >= 0.6 is 0 Å². The molecule has 490 valence electrons. The van der Waals surface area contributed by atoms with Crippen LogP contribution in [0.5, 0.6) is 0 Å². The molecule has 4 saturated heterocycles. The normalized spacial score (nSPS) is 50.8. The highest BCUT2D eigenvalue weighted by atomic mass is 16.8. The van der Waals surface area contributed by atoms with Crippen LogP contribution in [0.4, 0.5) is 0 Å². The maximum absolute atomic E-state index is 13.6. The summed E-state index contributed by atoms with van der Waals surface area (Å²) in [5, 5.41) is 156. The monoisotopic (exact) mass is 1230 g/mol. The van der Waals surface area contributed by atoms with E-state index in [0.29, 0.717) is 31.3 Å². The minimum absolute atomic E-state index is 0.197. The predicted molar refractivity (Wildman–Crippen MR) is 290 cm³/mol. The third-order valence-corrected chi connectivity index (χ3v) is 22.4. The molecular formula is C59H92O27. The second-order valence-corrected chi connectivity index (χ2v) is 27.6. The van der Waals surface area contributed by atoms with Gasteiger partial charge in [0.2, 0.25) is 0 Å². The van der Waals surface area contributed by atoms with E-state index in [0.717, 1.165) is 5.57 Å². The van der Waals surface area contributed by atoms with E-state index in [-0.39, 0.29) is 24.7 Å². The molecule has 0 unspecified atom stereocenters. The molecule has 0 bridgehead atoms. The Hall–Kier alpha value is -2.95. The summed E-state index contributed by atoms with van der Waals surface area (Å²) in [7, 11) is 0. The van der Waals surface area contributed by atoms with Crippen LogP contribution in [-0.4, -0.2) is 257 Å². The van der Waals surface area contributed by atoms with Gasteiger partial charge in [0.15, 0.2) is 37.4 Å². The smallest absolute Gasteiger partial charge is 0.335 e. The van der Waals surface area contributed by atoms with Crippen LogP contribution in [0.25, 0.3) is 0 Å². The number of carboxylic acids is 1. The summed E-state index contributed by atoms with van der Waals surface area (Å²) in [5.41, 5.74) is -4.88. The van der Waals surface area contributed by atoms with E-state index in [2.05, 4.69) is 19.9 Å². The van der Waals surface area contributed by atoms with Crippen LogP contribution in [0, 0.1) is 50.2 Å². The van der Waals surface area contributed by atoms with Crippen molar-refractivity contribution in [1.29, 1.82) is 0 Å². The molecule has 14 N–H and O–H groups in total. The second-order valence-electron chi connectivity index (χ2n) is 27.6. The first-order valence-electron chi connectivity index (χ1n) is 30.0. The molecule has 0 aromatic carbocycles. The Kier molecular flexibility index (Phi) is 19.3. The number of allylic oxidation sites excluding steroid dienone is 2. The van der Waals surface area contributed by atoms with Gasteiger partial charge < -0.3 is 119 Å². The summed E-state index contributed by atoms with van der Waals surface area (Å²) < 4.78 is 61.4. The van der Waals surface area contributed by atoms with Gasteiger partial charge in [-0.2, -0.15) is 0 Å². The highest BCUT2D eigenvalue weighted by Crippen LogP contribution is 2.76. The minimum Gasteiger partial charge on any atom is -0.479 e. The van der Waals surface area contributed by atoms with Crippen molar-refractivity contribution in [2.45, 2.75) is 249 Å². The molecule has 9 rings (SSSR count). The van der Waals surface area contributed by atoms with Gasteiger partial charge in [0, 0.05) is 23.3 Å². The largest absolute Gasteiger partial charge is 0.479 e. The number of carbonyl (C=O) groups excluding carboxylic acids is 2. The van der Waals surface area contributed by atoms with E-state index in [4.69, 9.17) is 47.4 Å². The van der Waals surface area contributed by atoms with Crippen molar-refractivity contribution in [2.24, 2.45) is 50.2 Å². The maximum Gasteiger partial charge on any atom is 0.335 e. The van der Waals surface area contributed by atoms with Gasteiger partial charge in [0.05, 0.1) is 50.2 Å². The first-order chi connectivity index (χ1) is 40.2. The molecular weight excluding hydrogens is 1140 g/mol. The number of aliphatic carboxylic acids is 1. The zero-order valence-corrected chi connectivity index (χ0v) is 50.3. The van der Waals surface area contributed by atoms with E-state index < -0.39 is 224 Å². The molecule has 0 amide bonds. The lowest BCUT2D eigenvalue weighted by Crippen LogP contribution is -2.76. The van der Waals surface area contributed by atoms with Crippen molar-refractivity contribution >= 4 is 17.9 Å². The van der Waals surface area contributed by atoms with Crippen LogP contribution in [0.2, 0.25) is 0 Å². The number of hydrogen-bond donors (Lipinski definition) is 14. The molecule has 0 aromatic rings. The average molecular weight is 1230 g/mol. The highest BCUT2D eigenvalue weighted by Gasteiger charge is 2.76. The molecule has 27 heteroatoms. The summed E-state index contributed by atoms with van der Waals surface area (Å²) >= 11 is 0. The number of aliphatic hydroxyl groups is 13. The minimum atomic E-state index is -2.18. The first kappa shape index (κ1) is 67.4. The van der Waals surface area contributed by atoms with Gasteiger partial charge in [0.25, 0.3) is 0 Å². The summed E-state index contributed by atoms with van der Waals surface area (Å²) in [4.78, 5) is 40.1. The van der Waals surface area contributed by atoms with Gasteiger partial charge in [-0.05, 0) is 86.4 Å². The fourth-order valence-corrected chi connectivity index (χ4v) is 17.3. The fourth-order valence-electron chi connectivity index (χ4n) is 17.3. The Balaban J connectivity index is 1.08. The predicted octanol–water partition coefficient (Wildman–Crippen LogP) is -2.22. The Morgan fingerprint density at radius 3 is 1.80 bits per heavy atom. The van der Waals surface area contributed by atoms with E-state index in [9.17, 15) is 85.9 Å². The molecule has 4 saturated carbocycles. The number of esters is 2. The van der Waals surface area contributed by atoms with E-state index in [1.54, 1.807) is 19.9 Å². The molecule has 4 aliphatic heterocycles.